The SMILES string of the molecule is Nn1c(N/N=C/C=C/c2ccccc2)nnc1SCC(=O)Nc1ccc(F)cc1. The summed E-state index contributed by atoms with van der Waals surface area (Å²) in [4.78, 5) is 12.0. The van der Waals surface area contributed by atoms with E-state index in [4.69, 9.17) is 5.84 Å². The van der Waals surface area contributed by atoms with Crippen LogP contribution in [0.25, 0.3) is 6.08 Å². The molecule has 0 aliphatic rings. The Balaban J connectivity index is 1.47. The minimum atomic E-state index is -0.369. The molecular formula is C19H18FN7OS. The van der Waals surface area contributed by atoms with Crippen LogP contribution in [0.5, 0.6) is 0 Å². The molecule has 8 nitrogen and oxygen atoms in total. The highest BCUT2D eigenvalue weighted by Gasteiger charge is 2.12. The molecule has 0 aliphatic carbocycles. The van der Waals surface area contributed by atoms with Crippen molar-refractivity contribution in [2.45, 2.75) is 5.16 Å². The van der Waals surface area contributed by atoms with Crippen LogP contribution in [-0.4, -0.2) is 32.7 Å². The highest BCUT2D eigenvalue weighted by molar-refractivity contribution is 7.99. The molecule has 0 unspecified atom stereocenters. The number of halogens is 1. The largest absolute Gasteiger partial charge is 0.334 e. The molecule has 3 aromatic rings. The molecule has 0 saturated carbocycles. The van der Waals surface area contributed by atoms with Crippen molar-refractivity contribution >= 4 is 41.6 Å². The second-order valence-corrected chi connectivity index (χ2v) is 6.62. The Morgan fingerprint density at radius 1 is 1.17 bits per heavy atom. The van der Waals surface area contributed by atoms with Crippen molar-refractivity contribution < 1.29 is 9.18 Å². The lowest BCUT2D eigenvalue weighted by Gasteiger charge is -2.05. The van der Waals surface area contributed by atoms with Crippen LogP contribution in [0.1, 0.15) is 5.56 Å². The molecule has 2 aromatic carbocycles. The molecule has 0 saturated heterocycles. The molecule has 4 N–H and O–H groups in total. The number of anilines is 2. The van der Waals surface area contributed by atoms with E-state index in [1.54, 1.807) is 12.3 Å². The summed E-state index contributed by atoms with van der Waals surface area (Å²) in [5.41, 5.74) is 4.25. The number of thioether (sulfide) groups is 1. The highest BCUT2D eigenvalue weighted by Crippen LogP contribution is 2.17. The van der Waals surface area contributed by atoms with Gasteiger partial charge in [-0.1, -0.05) is 48.2 Å². The van der Waals surface area contributed by atoms with E-state index in [1.807, 2.05) is 36.4 Å². The standard InChI is InChI=1S/C19H18FN7OS/c20-15-8-10-16(11-9-15)23-17(28)13-29-19-26-25-18(27(19)21)24-22-12-4-7-14-5-2-1-3-6-14/h1-12H,13,21H2,(H,23,28)(H,24,25)/b7-4+,22-12+. The van der Waals surface area contributed by atoms with Crippen molar-refractivity contribution in [2.24, 2.45) is 5.10 Å². The zero-order valence-electron chi connectivity index (χ0n) is 15.2. The first-order valence-corrected chi connectivity index (χ1v) is 9.50. The molecule has 0 fully saturated rings. The van der Waals surface area contributed by atoms with E-state index in [-0.39, 0.29) is 23.4 Å². The number of nitrogens with one attached hydrogen (secondary N) is 2. The summed E-state index contributed by atoms with van der Waals surface area (Å²) in [7, 11) is 0. The normalized spacial score (nSPS) is 11.2. The molecule has 1 amide bonds. The van der Waals surface area contributed by atoms with Gasteiger partial charge in [-0.05, 0) is 35.9 Å². The smallest absolute Gasteiger partial charge is 0.264 e. The van der Waals surface area contributed by atoms with E-state index in [2.05, 4.69) is 26.0 Å². The summed E-state index contributed by atoms with van der Waals surface area (Å²) in [6.45, 7) is 0. The molecular weight excluding hydrogens is 393 g/mol. The van der Waals surface area contributed by atoms with Gasteiger partial charge in [-0.2, -0.15) is 5.10 Å². The second kappa shape index (κ2) is 10.0. The van der Waals surface area contributed by atoms with E-state index in [0.717, 1.165) is 17.3 Å². The average molecular weight is 411 g/mol. The molecule has 0 radical (unpaired) electrons. The summed E-state index contributed by atoms with van der Waals surface area (Å²) in [5.74, 6) is 5.56. The monoisotopic (exact) mass is 411 g/mol. The lowest BCUT2D eigenvalue weighted by molar-refractivity contribution is -0.113. The van der Waals surface area contributed by atoms with Crippen molar-refractivity contribution in [2.75, 3.05) is 22.3 Å². The molecule has 3 rings (SSSR count). The number of nitrogen functional groups attached to an aromatic ring is 1. The minimum absolute atomic E-state index is 0.0653. The number of carbonyl (C=O) groups excluding carboxylic acids is 1. The van der Waals surface area contributed by atoms with Gasteiger partial charge in [0.1, 0.15) is 5.82 Å². The van der Waals surface area contributed by atoms with Gasteiger partial charge < -0.3 is 11.2 Å². The first kappa shape index (κ1) is 20.1. The van der Waals surface area contributed by atoms with Crippen molar-refractivity contribution in [3.05, 3.63) is 72.1 Å². The van der Waals surface area contributed by atoms with Crippen molar-refractivity contribution in [1.29, 1.82) is 0 Å². The van der Waals surface area contributed by atoms with Crippen molar-refractivity contribution in [1.82, 2.24) is 14.9 Å². The molecule has 29 heavy (non-hydrogen) atoms. The lowest BCUT2D eigenvalue weighted by Crippen LogP contribution is -2.16. The van der Waals surface area contributed by atoms with Crippen LogP contribution in [0.3, 0.4) is 0 Å². The average Bonchev–Trinajstić information content (AvgIpc) is 3.08. The molecule has 1 heterocycles. The van der Waals surface area contributed by atoms with Gasteiger partial charge >= 0.3 is 0 Å². The quantitative estimate of drug-likeness (QED) is 0.227. The van der Waals surface area contributed by atoms with Crippen molar-refractivity contribution in [3.63, 3.8) is 0 Å². The first-order valence-electron chi connectivity index (χ1n) is 8.51. The zero-order chi connectivity index (χ0) is 20.5. The number of hydrogen-bond donors (Lipinski definition) is 3. The Kier molecular flexibility index (Phi) is 6.95. The molecule has 0 atom stereocenters. The van der Waals surface area contributed by atoms with E-state index < -0.39 is 0 Å². The maximum absolute atomic E-state index is 12.9. The van der Waals surface area contributed by atoms with E-state index in [0.29, 0.717) is 10.8 Å². The van der Waals surface area contributed by atoms with Gasteiger partial charge in [0.05, 0.1) is 5.75 Å². The first-order chi connectivity index (χ1) is 14.1. The number of allylic oxidation sites excluding steroid dienone is 1. The van der Waals surface area contributed by atoms with Crippen molar-refractivity contribution in [3.8, 4) is 0 Å². The fourth-order valence-corrected chi connectivity index (χ4v) is 2.82. The number of carbonyl (C=O) groups is 1. The van der Waals surface area contributed by atoms with Gasteiger partial charge in [0.25, 0.3) is 5.95 Å². The number of nitrogens with zero attached hydrogens (tertiary/aromatic N) is 4. The van der Waals surface area contributed by atoms with E-state index >= 15 is 0 Å². The molecule has 1 aromatic heterocycles. The maximum Gasteiger partial charge on any atom is 0.264 e. The van der Waals surface area contributed by atoms with Crippen LogP contribution in [0.2, 0.25) is 0 Å². The van der Waals surface area contributed by atoms with Gasteiger partial charge in [-0.3, -0.25) is 4.79 Å². The number of hydrazone groups is 1. The fourth-order valence-electron chi connectivity index (χ4n) is 2.17. The Bertz CT molecular complexity index is 1000. The summed E-state index contributed by atoms with van der Waals surface area (Å²) >= 11 is 1.11. The van der Waals surface area contributed by atoms with Gasteiger partial charge in [0, 0.05) is 11.9 Å². The molecule has 148 valence electrons. The summed E-state index contributed by atoms with van der Waals surface area (Å²) in [6, 6.07) is 15.3. The van der Waals surface area contributed by atoms with Crippen LogP contribution in [0.15, 0.2) is 70.9 Å². The fraction of sp³-hybridized carbons (Fsp3) is 0.0526. The topological polar surface area (TPSA) is 110 Å². The van der Waals surface area contributed by atoms with Crippen LogP contribution in [0, 0.1) is 5.82 Å². The minimum Gasteiger partial charge on any atom is -0.334 e. The third-order valence-corrected chi connectivity index (χ3v) is 4.48. The number of hydrogen-bond acceptors (Lipinski definition) is 7. The second-order valence-electron chi connectivity index (χ2n) is 5.68. The van der Waals surface area contributed by atoms with Crippen LogP contribution in [0.4, 0.5) is 16.0 Å². The zero-order valence-corrected chi connectivity index (χ0v) is 16.0. The van der Waals surface area contributed by atoms with Gasteiger partial charge in [0.2, 0.25) is 11.1 Å². The molecule has 0 aliphatic heterocycles. The third-order valence-electron chi connectivity index (χ3n) is 3.54. The molecule has 0 spiro atoms. The Morgan fingerprint density at radius 2 is 1.93 bits per heavy atom. The highest BCUT2D eigenvalue weighted by atomic mass is 32.2. The number of nitrogens with two attached hydrogens (primary N) is 1. The Labute approximate surface area is 170 Å². The summed E-state index contributed by atoms with van der Waals surface area (Å²) in [5, 5.41) is 14.8. The van der Waals surface area contributed by atoms with Crippen LogP contribution in [-0.2, 0) is 4.79 Å². The van der Waals surface area contributed by atoms with Crippen LogP contribution < -0.4 is 16.6 Å². The third kappa shape index (κ3) is 6.18. The van der Waals surface area contributed by atoms with Gasteiger partial charge in [-0.15, -0.1) is 10.2 Å². The van der Waals surface area contributed by atoms with E-state index in [9.17, 15) is 9.18 Å². The Morgan fingerprint density at radius 3 is 2.69 bits per heavy atom. The number of benzene rings is 2. The predicted octanol–water partition coefficient (Wildman–Crippen LogP) is 2.97. The maximum atomic E-state index is 12.9. The predicted molar refractivity (Wildman–Crippen MR) is 114 cm³/mol. The van der Waals surface area contributed by atoms with Gasteiger partial charge in [0.15, 0.2) is 0 Å². The number of aromatic nitrogens is 3. The summed E-state index contributed by atoms with van der Waals surface area (Å²) in [6.07, 6.45) is 5.24. The molecule has 10 heteroatoms. The molecule has 0 bridgehead atoms. The van der Waals surface area contributed by atoms with Gasteiger partial charge in [-0.25, -0.2) is 14.5 Å². The Hall–Kier alpha value is -3.66. The lowest BCUT2D eigenvalue weighted by atomic mass is 10.2. The number of amides is 1. The number of rotatable bonds is 8. The van der Waals surface area contributed by atoms with Crippen LogP contribution >= 0.6 is 11.8 Å². The summed E-state index contributed by atoms with van der Waals surface area (Å²) < 4.78 is 14.1. The van der Waals surface area contributed by atoms with E-state index in [1.165, 1.54) is 28.9 Å².